The van der Waals surface area contributed by atoms with Gasteiger partial charge in [-0.3, -0.25) is 9.59 Å². The monoisotopic (exact) mass is 349 g/mol. The normalized spacial score (nSPS) is 23.1. The molecule has 0 saturated heterocycles. The van der Waals surface area contributed by atoms with Gasteiger partial charge >= 0.3 is 0 Å². The van der Waals surface area contributed by atoms with Gasteiger partial charge in [0.05, 0.1) is 6.04 Å². The summed E-state index contributed by atoms with van der Waals surface area (Å²) >= 11 is 0. The molecule has 3 atom stereocenters. The van der Waals surface area contributed by atoms with Gasteiger partial charge in [0.25, 0.3) is 0 Å². The van der Waals surface area contributed by atoms with Crippen LogP contribution in [0.3, 0.4) is 0 Å². The Balaban J connectivity index is 0.00000151. The lowest BCUT2D eigenvalue weighted by Gasteiger charge is -2.30. The number of hydrogen-bond donors (Lipinski definition) is 1. The molecule has 0 aromatic heterocycles. The van der Waals surface area contributed by atoms with Crippen LogP contribution < -0.4 is 5.32 Å². The first kappa shape index (κ1) is 21.3. The van der Waals surface area contributed by atoms with E-state index in [1.807, 2.05) is 48.5 Å². The average Bonchev–Trinajstić information content (AvgIpc) is 3.26. The Labute approximate surface area is 151 Å². The minimum absolute atomic E-state index is 0.0509. The number of halogens is 1. The number of rotatable bonds is 5. The van der Waals surface area contributed by atoms with E-state index in [2.05, 4.69) is 5.32 Å². The molecule has 0 spiro atoms. The summed E-state index contributed by atoms with van der Waals surface area (Å²) in [6.07, 6.45) is 1.13. The fraction of sp³-hybridized carbons (Fsp3) is 0.619. The number of nitrogens with one attached hydrogen (secondary N) is 1. The second-order valence-corrected chi connectivity index (χ2v) is 7.81. The van der Waals surface area contributed by atoms with Gasteiger partial charge in [0.2, 0.25) is 5.91 Å². The number of carbonyl (C=O) groups excluding carboxylic acids is 2. The van der Waals surface area contributed by atoms with E-state index in [-0.39, 0.29) is 34.3 Å². The van der Waals surface area contributed by atoms with Crippen LogP contribution in [0.25, 0.3) is 0 Å². The SMILES string of the molecule is CC.CCC(=O)C(NC(=O)C1CC1(C)c1ccc(F)cc1)C(C)(C)C. The summed E-state index contributed by atoms with van der Waals surface area (Å²) in [6, 6.07) is 5.85. The maximum absolute atomic E-state index is 13.1. The lowest BCUT2D eigenvalue weighted by molar-refractivity contribution is -0.131. The summed E-state index contributed by atoms with van der Waals surface area (Å²) in [5.74, 6) is -0.476. The molecule has 1 aromatic carbocycles. The van der Waals surface area contributed by atoms with Crippen LogP contribution in [0.15, 0.2) is 24.3 Å². The molecule has 3 nitrogen and oxygen atoms in total. The molecule has 1 N–H and O–H groups in total. The Hall–Kier alpha value is -1.71. The summed E-state index contributed by atoms with van der Waals surface area (Å²) in [7, 11) is 0. The number of Topliss-reactive ketones (excluding diaryl/α,β-unsaturated/α-hetero) is 1. The predicted molar refractivity (Wildman–Crippen MR) is 99.9 cm³/mol. The molecule has 1 fully saturated rings. The second kappa shape index (κ2) is 8.11. The first-order valence-corrected chi connectivity index (χ1v) is 9.18. The van der Waals surface area contributed by atoms with Gasteiger partial charge in [0.15, 0.2) is 5.78 Å². The lowest BCUT2D eigenvalue weighted by Crippen LogP contribution is -2.49. The zero-order valence-corrected chi connectivity index (χ0v) is 16.6. The smallest absolute Gasteiger partial charge is 0.224 e. The summed E-state index contributed by atoms with van der Waals surface area (Å²) < 4.78 is 13.1. The highest BCUT2D eigenvalue weighted by molar-refractivity contribution is 5.92. The van der Waals surface area contributed by atoms with Crippen molar-refractivity contribution in [2.24, 2.45) is 11.3 Å². The molecule has 1 amide bonds. The summed E-state index contributed by atoms with van der Waals surface area (Å²) in [5.41, 5.74) is 0.382. The Morgan fingerprint density at radius 2 is 1.76 bits per heavy atom. The van der Waals surface area contributed by atoms with Gasteiger partial charge in [-0.05, 0) is 29.5 Å². The standard InChI is InChI=1S/C19H26FNO2.C2H6/c1-6-15(22)16(18(2,3)4)21-17(23)14-11-19(14,5)12-7-9-13(20)10-8-12;1-2/h7-10,14,16H,6,11H2,1-5H3,(H,21,23);1-2H3. The molecule has 0 bridgehead atoms. The topological polar surface area (TPSA) is 46.2 Å². The van der Waals surface area contributed by atoms with E-state index in [4.69, 9.17) is 0 Å². The molecule has 1 aliphatic carbocycles. The molecule has 1 aliphatic rings. The second-order valence-electron chi connectivity index (χ2n) is 7.81. The average molecular weight is 349 g/mol. The quantitative estimate of drug-likeness (QED) is 0.842. The number of benzene rings is 1. The third-order valence-corrected chi connectivity index (χ3v) is 4.88. The molecule has 3 unspecified atom stereocenters. The lowest BCUT2D eigenvalue weighted by atomic mass is 9.83. The highest BCUT2D eigenvalue weighted by Crippen LogP contribution is 2.54. The van der Waals surface area contributed by atoms with Crippen molar-refractivity contribution in [2.75, 3.05) is 0 Å². The Bertz CT molecular complexity index is 603. The predicted octanol–water partition coefficient (Wildman–Crippen LogP) is 4.64. The highest BCUT2D eigenvalue weighted by atomic mass is 19.1. The molecule has 0 aliphatic heterocycles. The molecule has 140 valence electrons. The molecule has 1 saturated carbocycles. The fourth-order valence-electron chi connectivity index (χ4n) is 3.12. The van der Waals surface area contributed by atoms with Crippen molar-refractivity contribution in [3.05, 3.63) is 35.6 Å². The fourth-order valence-corrected chi connectivity index (χ4v) is 3.12. The largest absolute Gasteiger partial charge is 0.345 e. The van der Waals surface area contributed by atoms with Gasteiger partial charge in [-0.1, -0.05) is 60.6 Å². The summed E-state index contributed by atoms with van der Waals surface area (Å²) in [4.78, 5) is 24.8. The summed E-state index contributed by atoms with van der Waals surface area (Å²) in [5, 5.41) is 2.94. The van der Waals surface area contributed by atoms with E-state index in [1.54, 1.807) is 12.1 Å². The van der Waals surface area contributed by atoms with E-state index >= 15 is 0 Å². The van der Waals surface area contributed by atoms with E-state index < -0.39 is 6.04 Å². The van der Waals surface area contributed by atoms with Crippen LogP contribution in [-0.2, 0) is 15.0 Å². The van der Waals surface area contributed by atoms with E-state index in [0.29, 0.717) is 6.42 Å². The van der Waals surface area contributed by atoms with E-state index in [9.17, 15) is 14.0 Å². The first-order chi connectivity index (χ1) is 11.6. The first-order valence-electron chi connectivity index (χ1n) is 9.18. The van der Waals surface area contributed by atoms with Crippen molar-refractivity contribution in [3.63, 3.8) is 0 Å². The zero-order chi connectivity index (χ0) is 19.4. The molecular weight excluding hydrogens is 317 g/mol. The minimum atomic E-state index is -0.474. The zero-order valence-electron chi connectivity index (χ0n) is 16.6. The van der Waals surface area contributed by atoms with Gasteiger partial charge in [0.1, 0.15) is 5.82 Å². The summed E-state index contributed by atoms with van der Waals surface area (Å²) in [6.45, 7) is 13.7. The van der Waals surface area contributed by atoms with Gasteiger partial charge in [-0.15, -0.1) is 0 Å². The molecule has 2 rings (SSSR count). The molecule has 1 aromatic rings. The van der Waals surface area contributed by atoms with E-state index in [0.717, 1.165) is 12.0 Å². The van der Waals surface area contributed by atoms with E-state index in [1.165, 1.54) is 12.1 Å². The van der Waals surface area contributed by atoms with Crippen LogP contribution >= 0.6 is 0 Å². The van der Waals surface area contributed by atoms with Crippen molar-refractivity contribution >= 4 is 11.7 Å². The molecule has 0 heterocycles. The molecule has 25 heavy (non-hydrogen) atoms. The van der Waals surface area contributed by atoms with Gasteiger partial charge < -0.3 is 5.32 Å². The molecular formula is C21H32FNO2. The van der Waals surface area contributed by atoms with Crippen molar-refractivity contribution in [1.29, 1.82) is 0 Å². The Morgan fingerprint density at radius 1 is 1.24 bits per heavy atom. The van der Waals surface area contributed by atoms with Crippen molar-refractivity contribution in [2.45, 2.75) is 72.8 Å². The van der Waals surface area contributed by atoms with Crippen LogP contribution in [0.5, 0.6) is 0 Å². The maximum Gasteiger partial charge on any atom is 0.224 e. The Morgan fingerprint density at radius 3 is 2.20 bits per heavy atom. The van der Waals surface area contributed by atoms with Crippen molar-refractivity contribution in [1.82, 2.24) is 5.32 Å². The third-order valence-electron chi connectivity index (χ3n) is 4.88. The highest BCUT2D eigenvalue weighted by Gasteiger charge is 2.56. The van der Waals surface area contributed by atoms with Crippen LogP contribution in [0.4, 0.5) is 4.39 Å². The van der Waals surface area contributed by atoms with Crippen molar-refractivity contribution in [3.8, 4) is 0 Å². The van der Waals surface area contributed by atoms with Crippen LogP contribution in [0.1, 0.15) is 66.9 Å². The van der Waals surface area contributed by atoms with Gasteiger partial charge in [0, 0.05) is 17.8 Å². The number of carbonyl (C=O) groups is 2. The van der Waals surface area contributed by atoms with Crippen LogP contribution in [0.2, 0.25) is 0 Å². The third kappa shape index (κ3) is 4.90. The van der Waals surface area contributed by atoms with Crippen LogP contribution in [0, 0.1) is 17.2 Å². The van der Waals surface area contributed by atoms with Crippen LogP contribution in [-0.4, -0.2) is 17.7 Å². The number of ketones is 1. The minimum Gasteiger partial charge on any atom is -0.345 e. The molecule has 4 heteroatoms. The maximum atomic E-state index is 13.1. The van der Waals surface area contributed by atoms with Gasteiger partial charge in [-0.2, -0.15) is 0 Å². The Kier molecular flexibility index (Phi) is 6.92. The number of hydrogen-bond acceptors (Lipinski definition) is 2. The molecule has 0 radical (unpaired) electrons. The van der Waals surface area contributed by atoms with Crippen molar-refractivity contribution < 1.29 is 14.0 Å². The number of amides is 1. The van der Waals surface area contributed by atoms with Gasteiger partial charge in [-0.25, -0.2) is 4.39 Å².